The lowest BCUT2D eigenvalue weighted by Gasteiger charge is -2.07. The first-order valence-electron chi connectivity index (χ1n) is 10.3. The zero-order valence-corrected chi connectivity index (χ0v) is 19.9. The van der Waals surface area contributed by atoms with E-state index in [1.807, 2.05) is 6.07 Å². The second kappa shape index (κ2) is 11.8. The van der Waals surface area contributed by atoms with E-state index in [2.05, 4.69) is 5.32 Å². The summed E-state index contributed by atoms with van der Waals surface area (Å²) in [5.74, 6) is -1.43. The third kappa shape index (κ3) is 6.93. The molecular formula is C26H18Cl2N2O5. The zero-order valence-electron chi connectivity index (χ0n) is 18.4. The van der Waals surface area contributed by atoms with Gasteiger partial charge in [-0.05, 0) is 73.2 Å². The molecule has 0 radical (unpaired) electrons. The van der Waals surface area contributed by atoms with Gasteiger partial charge in [0.1, 0.15) is 17.4 Å². The Morgan fingerprint density at radius 1 is 0.914 bits per heavy atom. The molecule has 0 saturated heterocycles. The first-order chi connectivity index (χ1) is 16.8. The van der Waals surface area contributed by atoms with Gasteiger partial charge in [-0.1, -0.05) is 35.3 Å². The molecule has 0 saturated carbocycles. The number of nitriles is 1. The van der Waals surface area contributed by atoms with Crippen LogP contribution in [0.5, 0.6) is 5.75 Å². The lowest BCUT2D eigenvalue weighted by Crippen LogP contribution is -2.13. The Kier molecular flexibility index (Phi) is 8.63. The largest absolute Gasteiger partial charge is 0.462 e. The van der Waals surface area contributed by atoms with Crippen LogP contribution in [0.2, 0.25) is 10.0 Å². The lowest BCUT2D eigenvalue weighted by atomic mass is 10.1. The minimum atomic E-state index is -0.619. The molecule has 0 aromatic heterocycles. The Labute approximate surface area is 211 Å². The van der Waals surface area contributed by atoms with Crippen LogP contribution in [0.1, 0.15) is 33.2 Å². The summed E-state index contributed by atoms with van der Waals surface area (Å²) in [7, 11) is 0. The van der Waals surface area contributed by atoms with Gasteiger partial charge in [0.05, 0.1) is 27.8 Å². The van der Waals surface area contributed by atoms with Crippen molar-refractivity contribution in [1.29, 1.82) is 5.26 Å². The second-order valence-electron chi connectivity index (χ2n) is 7.01. The van der Waals surface area contributed by atoms with E-state index in [0.29, 0.717) is 21.8 Å². The Morgan fingerprint density at radius 2 is 1.57 bits per heavy atom. The quantitative estimate of drug-likeness (QED) is 0.183. The van der Waals surface area contributed by atoms with Crippen molar-refractivity contribution in [3.63, 3.8) is 0 Å². The number of hydrogen-bond acceptors (Lipinski definition) is 6. The molecule has 9 heteroatoms. The SMILES string of the molecule is CCOC(=O)c1ccc(NC(=O)/C(C#N)=C/c2ccc(OC(=O)c3ccc(Cl)c(Cl)c3)cc2)cc1. The van der Waals surface area contributed by atoms with E-state index in [1.54, 1.807) is 19.1 Å². The number of nitrogens with one attached hydrogen (secondary N) is 1. The van der Waals surface area contributed by atoms with Gasteiger partial charge in [-0.2, -0.15) is 5.26 Å². The first kappa shape index (κ1) is 25.5. The van der Waals surface area contributed by atoms with Crippen molar-refractivity contribution in [2.45, 2.75) is 6.92 Å². The van der Waals surface area contributed by atoms with Crippen molar-refractivity contribution in [2.24, 2.45) is 0 Å². The number of carbonyl (C=O) groups is 3. The Balaban J connectivity index is 1.65. The van der Waals surface area contributed by atoms with Crippen LogP contribution in [0.25, 0.3) is 6.08 Å². The topological polar surface area (TPSA) is 105 Å². The summed E-state index contributed by atoms with van der Waals surface area (Å²) in [6.45, 7) is 1.97. The maximum Gasteiger partial charge on any atom is 0.343 e. The number of benzene rings is 3. The summed E-state index contributed by atoms with van der Waals surface area (Å²) in [6.07, 6.45) is 1.40. The molecule has 0 aliphatic carbocycles. The van der Waals surface area contributed by atoms with E-state index in [1.165, 1.54) is 60.7 Å². The van der Waals surface area contributed by atoms with Crippen LogP contribution in [0.15, 0.2) is 72.3 Å². The highest BCUT2D eigenvalue weighted by Gasteiger charge is 2.13. The smallest absolute Gasteiger partial charge is 0.343 e. The van der Waals surface area contributed by atoms with Crippen LogP contribution in [0.4, 0.5) is 5.69 Å². The van der Waals surface area contributed by atoms with Gasteiger partial charge in [-0.3, -0.25) is 4.79 Å². The number of nitrogens with zero attached hydrogens (tertiary/aromatic N) is 1. The third-order valence-electron chi connectivity index (χ3n) is 4.58. The number of anilines is 1. The number of carbonyl (C=O) groups excluding carboxylic acids is 3. The molecule has 1 amide bonds. The fourth-order valence-corrected chi connectivity index (χ4v) is 3.14. The summed E-state index contributed by atoms with van der Waals surface area (Å²) < 4.78 is 10.2. The second-order valence-corrected chi connectivity index (χ2v) is 7.82. The van der Waals surface area contributed by atoms with Gasteiger partial charge in [0.25, 0.3) is 5.91 Å². The molecule has 3 aromatic rings. The predicted octanol–water partition coefficient (Wildman–Crippen LogP) is 5.93. The molecule has 0 heterocycles. The standard InChI is InChI=1S/C26H18Cl2N2O5/c1-2-34-25(32)17-5-8-20(9-6-17)30-24(31)19(15-29)13-16-3-10-21(11-4-16)35-26(33)18-7-12-22(27)23(28)14-18/h3-14H,2H2,1H3,(H,30,31)/b19-13+. The normalized spacial score (nSPS) is 10.7. The van der Waals surface area contributed by atoms with Crippen LogP contribution >= 0.6 is 23.2 Å². The highest BCUT2D eigenvalue weighted by atomic mass is 35.5. The van der Waals surface area contributed by atoms with E-state index < -0.39 is 17.8 Å². The van der Waals surface area contributed by atoms with Crippen molar-refractivity contribution < 1.29 is 23.9 Å². The molecule has 0 fully saturated rings. The Hall–Kier alpha value is -4.12. The van der Waals surface area contributed by atoms with E-state index in [9.17, 15) is 19.6 Å². The summed E-state index contributed by atoms with van der Waals surface area (Å²) in [5, 5.41) is 12.6. The molecular weight excluding hydrogens is 491 g/mol. The van der Waals surface area contributed by atoms with Crippen LogP contribution in [0.3, 0.4) is 0 Å². The number of rotatable bonds is 7. The minimum Gasteiger partial charge on any atom is -0.462 e. The van der Waals surface area contributed by atoms with Gasteiger partial charge in [-0.15, -0.1) is 0 Å². The number of halogens is 2. The van der Waals surface area contributed by atoms with Crippen molar-refractivity contribution in [3.05, 3.63) is 99.0 Å². The molecule has 35 heavy (non-hydrogen) atoms. The number of amides is 1. The Bertz CT molecular complexity index is 1330. The van der Waals surface area contributed by atoms with Crippen LogP contribution in [-0.2, 0) is 9.53 Å². The van der Waals surface area contributed by atoms with Crippen molar-refractivity contribution in [3.8, 4) is 11.8 Å². The van der Waals surface area contributed by atoms with Crippen molar-refractivity contribution in [2.75, 3.05) is 11.9 Å². The maximum absolute atomic E-state index is 12.5. The summed E-state index contributed by atoms with van der Waals surface area (Å²) in [4.78, 5) is 36.5. The zero-order chi connectivity index (χ0) is 25.4. The molecule has 0 aliphatic heterocycles. The summed E-state index contributed by atoms with van der Waals surface area (Å²) in [5.41, 5.74) is 1.40. The molecule has 3 rings (SSSR count). The minimum absolute atomic E-state index is 0.139. The molecule has 0 bridgehead atoms. The van der Waals surface area contributed by atoms with Crippen LogP contribution in [0, 0.1) is 11.3 Å². The van der Waals surface area contributed by atoms with E-state index >= 15 is 0 Å². The van der Waals surface area contributed by atoms with Crippen molar-refractivity contribution >= 4 is 52.8 Å². The molecule has 0 atom stereocenters. The van der Waals surface area contributed by atoms with Gasteiger partial charge in [0.2, 0.25) is 0 Å². The van der Waals surface area contributed by atoms with Gasteiger partial charge < -0.3 is 14.8 Å². The molecule has 3 aromatic carbocycles. The highest BCUT2D eigenvalue weighted by Crippen LogP contribution is 2.24. The summed E-state index contributed by atoms with van der Waals surface area (Å²) in [6, 6.07) is 18.6. The molecule has 7 nitrogen and oxygen atoms in total. The fraction of sp³-hybridized carbons (Fsp3) is 0.0769. The van der Waals surface area contributed by atoms with Crippen molar-refractivity contribution in [1.82, 2.24) is 0 Å². The van der Waals surface area contributed by atoms with E-state index in [0.717, 1.165) is 0 Å². The molecule has 0 aliphatic rings. The van der Waals surface area contributed by atoms with Crippen LogP contribution < -0.4 is 10.1 Å². The molecule has 1 N–H and O–H groups in total. The average molecular weight is 509 g/mol. The van der Waals surface area contributed by atoms with Gasteiger partial charge in [-0.25, -0.2) is 9.59 Å². The molecule has 176 valence electrons. The van der Waals surface area contributed by atoms with Gasteiger partial charge in [0.15, 0.2) is 0 Å². The van der Waals surface area contributed by atoms with Crippen LogP contribution in [-0.4, -0.2) is 24.5 Å². The maximum atomic E-state index is 12.5. The highest BCUT2D eigenvalue weighted by molar-refractivity contribution is 6.42. The molecule has 0 spiro atoms. The Morgan fingerprint density at radius 3 is 2.17 bits per heavy atom. The van der Waals surface area contributed by atoms with E-state index in [-0.39, 0.29) is 28.5 Å². The predicted molar refractivity (Wildman–Crippen MR) is 132 cm³/mol. The number of ether oxygens (including phenoxy) is 2. The van der Waals surface area contributed by atoms with Gasteiger partial charge >= 0.3 is 11.9 Å². The summed E-state index contributed by atoms with van der Waals surface area (Å²) >= 11 is 11.8. The number of esters is 2. The lowest BCUT2D eigenvalue weighted by molar-refractivity contribution is -0.112. The third-order valence-corrected chi connectivity index (χ3v) is 5.31. The molecule has 0 unspecified atom stereocenters. The monoisotopic (exact) mass is 508 g/mol. The van der Waals surface area contributed by atoms with Gasteiger partial charge in [0, 0.05) is 5.69 Å². The first-order valence-corrected chi connectivity index (χ1v) is 11.0. The average Bonchev–Trinajstić information content (AvgIpc) is 2.85. The van der Waals surface area contributed by atoms with E-state index in [4.69, 9.17) is 32.7 Å². The fourth-order valence-electron chi connectivity index (χ4n) is 2.84. The number of hydrogen-bond donors (Lipinski definition) is 1.